The van der Waals surface area contributed by atoms with Crippen molar-refractivity contribution in [1.29, 1.82) is 0 Å². The Morgan fingerprint density at radius 1 is 0.969 bits per heavy atom. The summed E-state index contributed by atoms with van der Waals surface area (Å²) in [6.45, 7) is 6.94. The molecule has 0 atom stereocenters. The first-order valence-electron chi connectivity index (χ1n) is 10.9. The van der Waals surface area contributed by atoms with E-state index in [4.69, 9.17) is 5.10 Å². The van der Waals surface area contributed by atoms with Crippen LogP contribution in [0.2, 0.25) is 0 Å². The molecule has 0 amide bonds. The van der Waals surface area contributed by atoms with Crippen LogP contribution in [0.4, 0.5) is 0 Å². The van der Waals surface area contributed by atoms with Crippen molar-refractivity contribution in [2.24, 2.45) is 0 Å². The molecule has 5 rings (SSSR count). The molecule has 3 heterocycles. The molecule has 0 spiro atoms. The van der Waals surface area contributed by atoms with Gasteiger partial charge < -0.3 is 5.21 Å². The maximum absolute atomic E-state index is 13.0. The molecule has 0 aliphatic carbocycles. The van der Waals surface area contributed by atoms with Crippen molar-refractivity contribution >= 4 is 11.0 Å². The van der Waals surface area contributed by atoms with E-state index in [0.717, 1.165) is 50.7 Å². The van der Waals surface area contributed by atoms with Crippen molar-refractivity contribution in [3.63, 3.8) is 0 Å². The number of rotatable bonds is 5. The Balaban J connectivity index is 1.76. The largest absolute Gasteiger partial charge is 0.710 e. The number of fused-ring (bicyclic) bond motifs is 1. The molecular formula is C26H25N5O. The predicted molar refractivity (Wildman–Crippen MR) is 126 cm³/mol. The summed E-state index contributed by atoms with van der Waals surface area (Å²) in [7, 11) is 0. The zero-order valence-corrected chi connectivity index (χ0v) is 18.5. The van der Waals surface area contributed by atoms with Gasteiger partial charge in [-0.3, -0.25) is 4.98 Å². The van der Waals surface area contributed by atoms with Gasteiger partial charge in [0.25, 0.3) is 5.82 Å². The predicted octanol–water partition coefficient (Wildman–Crippen LogP) is 5.08. The second-order valence-electron chi connectivity index (χ2n) is 7.91. The van der Waals surface area contributed by atoms with Crippen LogP contribution in [0.1, 0.15) is 25.2 Å². The average Bonchev–Trinajstić information content (AvgIpc) is 3.38. The van der Waals surface area contributed by atoms with Gasteiger partial charge in [0.05, 0.1) is 24.1 Å². The molecule has 32 heavy (non-hydrogen) atoms. The summed E-state index contributed by atoms with van der Waals surface area (Å²) in [6, 6.07) is 18.4. The maximum atomic E-state index is 13.0. The normalized spacial score (nSPS) is 11.3. The van der Waals surface area contributed by atoms with Gasteiger partial charge in [-0.05, 0) is 55.8 Å². The van der Waals surface area contributed by atoms with Crippen LogP contribution in [-0.2, 0) is 13.0 Å². The quantitative estimate of drug-likeness (QED) is 0.293. The topological polar surface area (TPSA) is 62.6 Å². The van der Waals surface area contributed by atoms with E-state index >= 15 is 0 Å². The van der Waals surface area contributed by atoms with Gasteiger partial charge in [-0.25, -0.2) is 14.0 Å². The van der Waals surface area contributed by atoms with E-state index < -0.39 is 0 Å². The number of aryl methyl sites for hydroxylation is 2. The summed E-state index contributed by atoms with van der Waals surface area (Å²) in [5.41, 5.74) is 7.78. The monoisotopic (exact) mass is 423 g/mol. The molecule has 0 aliphatic heterocycles. The van der Waals surface area contributed by atoms with Crippen molar-refractivity contribution in [3.8, 4) is 28.1 Å². The van der Waals surface area contributed by atoms with Gasteiger partial charge in [0.15, 0.2) is 11.0 Å². The zero-order valence-electron chi connectivity index (χ0n) is 18.5. The molecule has 0 bridgehead atoms. The van der Waals surface area contributed by atoms with Gasteiger partial charge in [-0.2, -0.15) is 5.10 Å². The standard InChI is InChI=1S/C26H25N5O/c1-4-25-29(5-2)23-10-9-19(16-24(23)31(25)32)22-17-28-30(21-11-13-27-14-12-21)26(22)20-8-6-7-18(3)15-20/h6-17H,4-5H2,1-3H3. The highest BCUT2D eigenvalue weighted by molar-refractivity contribution is 5.87. The summed E-state index contributed by atoms with van der Waals surface area (Å²) < 4.78 is 5.10. The van der Waals surface area contributed by atoms with Gasteiger partial charge >= 0.3 is 0 Å². The molecule has 3 aromatic heterocycles. The average molecular weight is 424 g/mol. The molecule has 6 heteroatoms. The zero-order chi connectivity index (χ0) is 22.2. The fraction of sp³-hybridized carbons (Fsp3) is 0.192. The first-order chi connectivity index (χ1) is 15.6. The van der Waals surface area contributed by atoms with E-state index in [1.165, 1.54) is 5.56 Å². The molecule has 2 aromatic carbocycles. The summed E-state index contributed by atoms with van der Waals surface area (Å²) in [4.78, 5) is 4.14. The number of hydrogen-bond acceptors (Lipinski definition) is 3. The SMILES string of the molecule is CCc1n(CC)c2ccc(-c3cnn(-c4ccncc4)c3-c3cccc(C)c3)cc2[n+]1[O-]. The summed E-state index contributed by atoms with van der Waals surface area (Å²) in [6.07, 6.45) is 6.10. The second kappa shape index (κ2) is 7.96. The van der Waals surface area contributed by atoms with Crippen LogP contribution in [0.25, 0.3) is 39.1 Å². The third-order valence-electron chi connectivity index (χ3n) is 5.94. The number of nitrogens with zero attached hydrogens (tertiary/aromatic N) is 5. The van der Waals surface area contributed by atoms with E-state index in [9.17, 15) is 5.21 Å². The van der Waals surface area contributed by atoms with Gasteiger partial charge in [0, 0.05) is 29.9 Å². The summed E-state index contributed by atoms with van der Waals surface area (Å²) >= 11 is 0. The minimum Gasteiger partial charge on any atom is -0.710 e. The Hall–Kier alpha value is -3.93. The summed E-state index contributed by atoms with van der Waals surface area (Å²) in [5, 5.41) is 17.7. The molecule has 0 saturated carbocycles. The van der Waals surface area contributed by atoms with Gasteiger partial charge in [0.1, 0.15) is 0 Å². The lowest BCUT2D eigenvalue weighted by atomic mass is 10.00. The van der Waals surface area contributed by atoms with Crippen LogP contribution < -0.4 is 4.73 Å². The number of pyridine rings is 1. The Morgan fingerprint density at radius 3 is 2.50 bits per heavy atom. The van der Waals surface area contributed by atoms with Gasteiger partial charge in [0.2, 0.25) is 0 Å². The van der Waals surface area contributed by atoms with E-state index in [0.29, 0.717) is 11.9 Å². The van der Waals surface area contributed by atoms with Crippen LogP contribution >= 0.6 is 0 Å². The van der Waals surface area contributed by atoms with Crippen molar-refractivity contribution in [1.82, 2.24) is 19.3 Å². The molecule has 0 N–H and O–H groups in total. The molecular weight excluding hydrogens is 398 g/mol. The van der Waals surface area contributed by atoms with Crippen molar-refractivity contribution < 1.29 is 4.73 Å². The lowest BCUT2D eigenvalue weighted by Gasteiger charge is -2.11. The van der Waals surface area contributed by atoms with Crippen LogP contribution in [0.15, 0.2) is 73.2 Å². The lowest BCUT2D eigenvalue weighted by Crippen LogP contribution is -2.30. The van der Waals surface area contributed by atoms with Crippen molar-refractivity contribution in [2.75, 3.05) is 0 Å². The third-order valence-corrected chi connectivity index (χ3v) is 5.94. The maximum Gasteiger partial charge on any atom is 0.260 e. The fourth-order valence-corrected chi connectivity index (χ4v) is 4.47. The van der Waals surface area contributed by atoms with E-state index in [-0.39, 0.29) is 0 Å². The minimum atomic E-state index is 0.688. The van der Waals surface area contributed by atoms with Crippen LogP contribution in [0, 0.1) is 12.1 Å². The highest BCUT2D eigenvalue weighted by Gasteiger charge is 2.22. The Kier molecular flexibility index (Phi) is 4.98. The van der Waals surface area contributed by atoms with Crippen molar-refractivity contribution in [2.45, 2.75) is 33.7 Å². The molecule has 0 radical (unpaired) electrons. The highest BCUT2D eigenvalue weighted by atomic mass is 16.5. The van der Waals surface area contributed by atoms with Crippen molar-refractivity contribution in [3.05, 3.63) is 89.8 Å². The second-order valence-corrected chi connectivity index (χ2v) is 7.91. The lowest BCUT2D eigenvalue weighted by molar-refractivity contribution is -0.587. The molecule has 0 fully saturated rings. The van der Waals surface area contributed by atoms with Crippen LogP contribution in [0.5, 0.6) is 0 Å². The molecule has 0 unspecified atom stereocenters. The molecule has 5 aromatic rings. The Bertz CT molecular complexity index is 1420. The third kappa shape index (κ3) is 3.15. The minimum absolute atomic E-state index is 0.688. The smallest absolute Gasteiger partial charge is 0.260 e. The first kappa shape index (κ1) is 20.0. The number of imidazole rings is 1. The molecule has 0 aliphatic rings. The van der Waals surface area contributed by atoms with Gasteiger partial charge in [-0.1, -0.05) is 30.7 Å². The fourth-order valence-electron chi connectivity index (χ4n) is 4.47. The summed E-state index contributed by atoms with van der Waals surface area (Å²) in [5.74, 6) is 0.783. The highest BCUT2D eigenvalue weighted by Crippen LogP contribution is 2.35. The van der Waals surface area contributed by atoms with Gasteiger partial charge in [-0.15, -0.1) is 0 Å². The van der Waals surface area contributed by atoms with Crippen LogP contribution in [-0.4, -0.2) is 19.3 Å². The Labute approximate surface area is 187 Å². The first-order valence-corrected chi connectivity index (χ1v) is 10.9. The van der Waals surface area contributed by atoms with E-state index in [1.807, 2.05) is 42.1 Å². The number of hydrogen-bond donors (Lipinski definition) is 0. The Morgan fingerprint density at radius 2 is 1.78 bits per heavy atom. The molecule has 6 nitrogen and oxygen atoms in total. The molecule has 160 valence electrons. The van der Waals surface area contributed by atoms with E-state index in [1.54, 1.807) is 12.4 Å². The number of benzene rings is 2. The van der Waals surface area contributed by atoms with Crippen LogP contribution in [0.3, 0.4) is 0 Å². The van der Waals surface area contributed by atoms with E-state index in [2.05, 4.69) is 53.7 Å². The molecule has 0 saturated heterocycles. The number of aromatic nitrogens is 5.